The fraction of sp³-hybridized carbons (Fsp3) is 0.444. The largest absolute Gasteiger partial charge is 0.481 e. The zero-order valence-electron chi connectivity index (χ0n) is 19.3. The Hall–Kier alpha value is -3.39. The second-order valence-corrected chi connectivity index (χ2v) is 9.98. The van der Waals surface area contributed by atoms with Crippen LogP contribution >= 0.6 is 0 Å². The van der Waals surface area contributed by atoms with E-state index in [0.717, 1.165) is 11.1 Å². The normalized spacial score (nSPS) is 28.2. The Bertz CT molecular complexity index is 1120. The van der Waals surface area contributed by atoms with Crippen molar-refractivity contribution in [3.05, 3.63) is 59.7 Å². The number of hydrogen-bond acceptors (Lipinski definition) is 5. The minimum Gasteiger partial charge on any atom is -0.481 e. The maximum atomic E-state index is 13.0. The number of rotatable bonds is 6. The second-order valence-electron chi connectivity index (χ2n) is 9.98. The Morgan fingerprint density at radius 2 is 1.63 bits per heavy atom. The number of nitrogens with zero attached hydrogens (tertiary/aromatic N) is 1. The number of carboxylic acid groups (broad SMARTS) is 1. The van der Waals surface area contributed by atoms with Crippen LogP contribution in [0.4, 0.5) is 4.79 Å². The molecule has 2 aliphatic carbocycles. The summed E-state index contributed by atoms with van der Waals surface area (Å²) in [5.41, 5.74) is 4.67. The Balaban J connectivity index is 1.02. The fourth-order valence-corrected chi connectivity index (χ4v) is 6.23. The van der Waals surface area contributed by atoms with E-state index in [9.17, 15) is 19.5 Å². The van der Waals surface area contributed by atoms with Crippen LogP contribution in [-0.4, -0.2) is 66.9 Å². The summed E-state index contributed by atoms with van der Waals surface area (Å²) in [6.45, 7) is 1.96. The van der Waals surface area contributed by atoms with Crippen LogP contribution in [0.3, 0.4) is 0 Å². The van der Waals surface area contributed by atoms with Crippen LogP contribution in [-0.2, 0) is 19.1 Å². The van der Waals surface area contributed by atoms with Crippen LogP contribution in [0.25, 0.3) is 11.1 Å². The Morgan fingerprint density at radius 1 is 1.00 bits per heavy atom. The Kier molecular flexibility index (Phi) is 5.48. The molecule has 0 aromatic heterocycles. The van der Waals surface area contributed by atoms with Crippen LogP contribution < -0.4 is 5.32 Å². The molecule has 2 aliphatic heterocycles. The van der Waals surface area contributed by atoms with Crippen molar-refractivity contribution in [3.8, 4) is 11.1 Å². The SMILES string of the molecule is O=C(NCC1CCOC1C(=O)N1CC2C(C1)C2C(=O)O)OCC1c2ccccc2-c2ccccc21. The van der Waals surface area contributed by atoms with Gasteiger partial charge in [0.2, 0.25) is 0 Å². The van der Waals surface area contributed by atoms with Gasteiger partial charge in [-0.1, -0.05) is 48.5 Å². The van der Waals surface area contributed by atoms with Gasteiger partial charge in [-0.25, -0.2) is 4.79 Å². The van der Waals surface area contributed by atoms with Crippen molar-refractivity contribution in [1.29, 1.82) is 0 Å². The molecule has 2 saturated heterocycles. The van der Waals surface area contributed by atoms with E-state index >= 15 is 0 Å². The summed E-state index contributed by atoms with van der Waals surface area (Å²) in [5.74, 6) is -1.18. The highest BCUT2D eigenvalue weighted by atomic mass is 16.5. The Morgan fingerprint density at radius 3 is 2.26 bits per heavy atom. The van der Waals surface area contributed by atoms with Crippen molar-refractivity contribution in [3.63, 3.8) is 0 Å². The highest BCUT2D eigenvalue weighted by molar-refractivity contribution is 5.83. The number of nitrogens with one attached hydrogen (secondary N) is 1. The van der Waals surface area contributed by atoms with Gasteiger partial charge in [0.05, 0.1) is 5.92 Å². The lowest BCUT2D eigenvalue weighted by molar-refractivity contribution is -0.145. The molecule has 8 heteroatoms. The molecule has 0 bridgehead atoms. The molecule has 1 saturated carbocycles. The van der Waals surface area contributed by atoms with E-state index < -0.39 is 18.2 Å². The molecule has 4 atom stereocenters. The molecule has 35 heavy (non-hydrogen) atoms. The first-order valence-electron chi connectivity index (χ1n) is 12.2. The number of carboxylic acids is 1. The van der Waals surface area contributed by atoms with E-state index in [2.05, 4.69) is 29.6 Å². The van der Waals surface area contributed by atoms with E-state index in [4.69, 9.17) is 9.47 Å². The molecule has 0 radical (unpaired) electrons. The molecule has 182 valence electrons. The van der Waals surface area contributed by atoms with Gasteiger partial charge >= 0.3 is 12.1 Å². The highest BCUT2D eigenvalue weighted by Crippen LogP contribution is 2.52. The summed E-state index contributed by atoms with van der Waals surface area (Å²) in [7, 11) is 0. The van der Waals surface area contributed by atoms with Gasteiger partial charge in [-0.2, -0.15) is 0 Å². The number of piperidine rings is 1. The number of benzene rings is 2. The maximum Gasteiger partial charge on any atom is 0.407 e. The van der Waals surface area contributed by atoms with Crippen molar-refractivity contribution < 1.29 is 29.0 Å². The number of alkyl carbamates (subject to hydrolysis) is 1. The molecular formula is C27H28N2O6. The first-order valence-corrected chi connectivity index (χ1v) is 12.2. The van der Waals surface area contributed by atoms with Gasteiger partial charge in [-0.05, 0) is 40.5 Å². The standard InChI is InChI=1S/C27H28N2O6/c30-25(29-12-20-21(13-29)23(20)26(31)32)24-15(9-10-34-24)11-28-27(33)35-14-22-18-7-3-1-5-16(18)17-6-2-4-8-19(17)22/h1-8,15,20-24H,9-14H2,(H,28,33)(H,31,32). The van der Waals surface area contributed by atoms with Crippen molar-refractivity contribution in [1.82, 2.24) is 10.2 Å². The minimum absolute atomic E-state index is 0.00600. The van der Waals surface area contributed by atoms with E-state index in [1.807, 2.05) is 24.3 Å². The average Bonchev–Trinajstić information content (AvgIpc) is 3.22. The number of ether oxygens (including phenoxy) is 2. The van der Waals surface area contributed by atoms with Crippen molar-refractivity contribution in [2.24, 2.45) is 23.7 Å². The van der Waals surface area contributed by atoms with Gasteiger partial charge in [-0.15, -0.1) is 0 Å². The van der Waals surface area contributed by atoms with Gasteiger partial charge in [0.15, 0.2) is 0 Å². The number of hydrogen-bond donors (Lipinski definition) is 2. The summed E-state index contributed by atoms with van der Waals surface area (Å²) in [5, 5.41) is 12.0. The smallest absolute Gasteiger partial charge is 0.407 e. The molecule has 2 heterocycles. The van der Waals surface area contributed by atoms with E-state index in [1.54, 1.807) is 4.90 Å². The molecule has 2 N–H and O–H groups in total. The van der Waals surface area contributed by atoms with Gasteiger partial charge in [-0.3, -0.25) is 9.59 Å². The van der Waals surface area contributed by atoms with Gasteiger partial charge in [0.25, 0.3) is 5.91 Å². The monoisotopic (exact) mass is 476 g/mol. The van der Waals surface area contributed by atoms with E-state index in [1.165, 1.54) is 11.1 Å². The molecule has 8 nitrogen and oxygen atoms in total. The van der Waals surface area contributed by atoms with Crippen LogP contribution in [0, 0.1) is 23.7 Å². The van der Waals surface area contributed by atoms with Crippen LogP contribution in [0.2, 0.25) is 0 Å². The predicted octanol–water partition coefficient (Wildman–Crippen LogP) is 2.72. The highest BCUT2D eigenvalue weighted by Gasteiger charge is 2.61. The molecule has 2 aromatic carbocycles. The third-order valence-electron chi connectivity index (χ3n) is 8.10. The lowest BCUT2D eigenvalue weighted by atomic mass is 9.98. The van der Waals surface area contributed by atoms with Crippen molar-refractivity contribution >= 4 is 18.0 Å². The van der Waals surface area contributed by atoms with Gasteiger partial charge < -0.3 is 24.8 Å². The minimum atomic E-state index is -0.769. The summed E-state index contributed by atoms with van der Waals surface area (Å²) in [6, 6.07) is 16.4. The van der Waals surface area contributed by atoms with Gasteiger partial charge in [0.1, 0.15) is 12.7 Å². The molecule has 4 aliphatic rings. The summed E-state index contributed by atoms with van der Waals surface area (Å²) >= 11 is 0. The van der Waals surface area contributed by atoms with Crippen molar-refractivity contribution in [2.75, 3.05) is 32.8 Å². The Labute approximate surface area is 203 Å². The number of aliphatic carboxylic acids is 1. The number of amides is 2. The molecule has 6 rings (SSSR count). The second kappa shape index (κ2) is 8.68. The topological polar surface area (TPSA) is 105 Å². The van der Waals surface area contributed by atoms with Gasteiger partial charge in [0, 0.05) is 38.1 Å². The predicted molar refractivity (Wildman–Crippen MR) is 126 cm³/mol. The molecular weight excluding hydrogens is 448 g/mol. The van der Waals surface area contributed by atoms with Crippen molar-refractivity contribution in [2.45, 2.75) is 18.4 Å². The first-order chi connectivity index (χ1) is 17.0. The van der Waals surface area contributed by atoms with E-state index in [-0.39, 0.29) is 42.1 Å². The average molecular weight is 477 g/mol. The number of fused-ring (bicyclic) bond motifs is 4. The molecule has 4 unspecified atom stereocenters. The lowest BCUT2D eigenvalue weighted by Gasteiger charge is -2.25. The molecule has 2 aromatic rings. The maximum absolute atomic E-state index is 13.0. The summed E-state index contributed by atoms with van der Waals surface area (Å²) < 4.78 is 11.3. The summed E-state index contributed by atoms with van der Waals surface area (Å²) in [6.07, 6.45) is -0.431. The number of carbonyl (C=O) groups excluding carboxylic acids is 2. The summed E-state index contributed by atoms with van der Waals surface area (Å²) in [4.78, 5) is 38.4. The first kappa shape index (κ1) is 22.1. The quantitative estimate of drug-likeness (QED) is 0.664. The third-order valence-corrected chi connectivity index (χ3v) is 8.10. The number of carbonyl (C=O) groups is 3. The van der Waals surface area contributed by atoms with Crippen LogP contribution in [0.1, 0.15) is 23.5 Å². The zero-order valence-corrected chi connectivity index (χ0v) is 19.3. The fourth-order valence-electron chi connectivity index (χ4n) is 6.23. The van der Waals surface area contributed by atoms with Crippen LogP contribution in [0.5, 0.6) is 0 Å². The lowest BCUT2D eigenvalue weighted by Crippen LogP contribution is -2.45. The molecule has 0 spiro atoms. The number of likely N-dealkylation sites (tertiary alicyclic amines) is 1. The molecule has 3 fully saturated rings. The third kappa shape index (κ3) is 3.86. The molecule has 2 amide bonds. The van der Waals surface area contributed by atoms with Crippen LogP contribution in [0.15, 0.2) is 48.5 Å². The van der Waals surface area contributed by atoms with E-state index in [0.29, 0.717) is 32.7 Å². The zero-order chi connectivity index (χ0) is 24.1.